The molecular formula is C11H19NO4S2. The van der Waals surface area contributed by atoms with Gasteiger partial charge in [-0.05, 0) is 12.0 Å². The number of aliphatic hydroxyl groups excluding tert-OH is 1. The molecule has 7 heteroatoms. The quantitative estimate of drug-likeness (QED) is 0.792. The molecule has 1 rings (SSSR count). The first-order valence-electron chi connectivity index (χ1n) is 5.60. The van der Waals surface area contributed by atoms with E-state index in [-0.39, 0.29) is 23.5 Å². The van der Waals surface area contributed by atoms with Crippen LogP contribution in [0.4, 0.5) is 0 Å². The van der Waals surface area contributed by atoms with Crippen molar-refractivity contribution in [2.45, 2.75) is 31.4 Å². The van der Waals surface area contributed by atoms with Gasteiger partial charge in [-0.15, -0.1) is 11.3 Å². The Morgan fingerprint density at radius 3 is 2.61 bits per heavy atom. The van der Waals surface area contributed by atoms with E-state index < -0.39 is 10.0 Å². The van der Waals surface area contributed by atoms with Gasteiger partial charge in [-0.1, -0.05) is 13.8 Å². The third-order valence-corrected chi connectivity index (χ3v) is 5.09. The van der Waals surface area contributed by atoms with Crippen LogP contribution in [0.25, 0.3) is 0 Å². The molecule has 18 heavy (non-hydrogen) atoms. The molecule has 0 amide bonds. The fraction of sp³-hybridized carbons (Fsp3) is 0.636. The second kappa shape index (κ2) is 6.63. The first-order valence-corrected chi connectivity index (χ1v) is 7.96. The molecular weight excluding hydrogens is 274 g/mol. The number of nitrogens with one attached hydrogen (secondary N) is 1. The van der Waals surface area contributed by atoms with Crippen LogP contribution in [-0.2, 0) is 21.4 Å². The standard InChI is InChI=1S/C11H19NO4S2/c1-8(2)11(6-16-3)12-18(14,15)10-4-9(5-13)17-7-10/h4,7-8,11-13H,5-6H2,1-3H3. The van der Waals surface area contributed by atoms with Gasteiger partial charge >= 0.3 is 0 Å². The number of thiophene rings is 1. The minimum Gasteiger partial charge on any atom is -0.391 e. The molecule has 0 radical (unpaired) electrons. The van der Waals surface area contributed by atoms with E-state index in [2.05, 4.69) is 4.72 Å². The van der Waals surface area contributed by atoms with Crippen LogP contribution in [0, 0.1) is 5.92 Å². The number of rotatable bonds is 7. The second-order valence-electron chi connectivity index (χ2n) is 4.33. The molecule has 1 aromatic heterocycles. The first-order chi connectivity index (χ1) is 8.40. The van der Waals surface area contributed by atoms with Crippen molar-refractivity contribution in [2.75, 3.05) is 13.7 Å². The molecule has 0 aliphatic rings. The average Bonchev–Trinajstić information content (AvgIpc) is 2.77. The van der Waals surface area contributed by atoms with Gasteiger partial charge < -0.3 is 9.84 Å². The van der Waals surface area contributed by atoms with Gasteiger partial charge in [0.1, 0.15) is 0 Å². The Kier molecular flexibility index (Phi) is 5.74. The van der Waals surface area contributed by atoms with Crippen LogP contribution in [0.3, 0.4) is 0 Å². The maximum absolute atomic E-state index is 12.1. The van der Waals surface area contributed by atoms with Crippen molar-refractivity contribution in [1.29, 1.82) is 0 Å². The van der Waals surface area contributed by atoms with E-state index in [1.54, 1.807) is 0 Å². The highest BCUT2D eigenvalue weighted by atomic mass is 32.2. The Labute approximate surface area is 112 Å². The summed E-state index contributed by atoms with van der Waals surface area (Å²) >= 11 is 1.22. The van der Waals surface area contributed by atoms with Gasteiger partial charge in [0.05, 0.1) is 18.1 Å². The summed E-state index contributed by atoms with van der Waals surface area (Å²) in [6.45, 7) is 4.04. The average molecular weight is 293 g/mol. The van der Waals surface area contributed by atoms with E-state index in [9.17, 15) is 8.42 Å². The van der Waals surface area contributed by atoms with Gasteiger partial charge in [0.25, 0.3) is 0 Å². The summed E-state index contributed by atoms with van der Waals surface area (Å²) < 4.78 is 31.8. The van der Waals surface area contributed by atoms with Gasteiger partial charge in [0, 0.05) is 23.4 Å². The topological polar surface area (TPSA) is 75.6 Å². The van der Waals surface area contributed by atoms with Crippen LogP contribution >= 0.6 is 11.3 Å². The molecule has 1 aromatic rings. The van der Waals surface area contributed by atoms with Crippen molar-refractivity contribution in [1.82, 2.24) is 4.72 Å². The summed E-state index contributed by atoms with van der Waals surface area (Å²) in [6.07, 6.45) is 0. The summed E-state index contributed by atoms with van der Waals surface area (Å²) in [5, 5.41) is 10.5. The molecule has 1 unspecified atom stereocenters. The van der Waals surface area contributed by atoms with Crippen molar-refractivity contribution < 1.29 is 18.3 Å². The van der Waals surface area contributed by atoms with Crippen LogP contribution in [0.5, 0.6) is 0 Å². The van der Waals surface area contributed by atoms with Gasteiger partial charge in [-0.25, -0.2) is 13.1 Å². The molecule has 0 aromatic carbocycles. The first kappa shape index (κ1) is 15.6. The van der Waals surface area contributed by atoms with E-state index >= 15 is 0 Å². The highest BCUT2D eigenvalue weighted by Gasteiger charge is 2.23. The zero-order valence-corrected chi connectivity index (χ0v) is 12.3. The SMILES string of the molecule is COCC(NS(=O)(=O)c1csc(CO)c1)C(C)C. The Bertz CT molecular complexity index is 467. The highest BCUT2D eigenvalue weighted by Crippen LogP contribution is 2.20. The lowest BCUT2D eigenvalue weighted by atomic mass is 10.1. The van der Waals surface area contributed by atoms with E-state index in [1.807, 2.05) is 13.8 Å². The predicted molar refractivity (Wildman–Crippen MR) is 71.1 cm³/mol. The highest BCUT2D eigenvalue weighted by molar-refractivity contribution is 7.89. The van der Waals surface area contributed by atoms with Crippen LogP contribution in [0.15, 0.2) is 16.3 Å². The van der Waals surface area contributed by atoms with Crippen molar-refractivity contribution in [3.8, 4) is 0 Å². The fourth-order valence-corrected chi connectivity index (χ4v) is 3.90. The summed E-state index contributed by atoms with van der Waals surface area (Å²) in [6, 6.07) is 1.22. The third-order valence-electron chi connectivity index (χ3n) is 2.55. The van der Waals surface area contributed by atoms with Crippen LogP contribution in [0.1, 0.15) is 18.7 Å². The smallest absolute Gasteiger partial charge is 0.241 e. The molecule has 0 saturated carbocycles. The molecule has 5 nitrogen and oxygen atoms in total. The molecule has 104 valence electrons. The van der Waals surface area contributed by atoms with E-state index in [1.165, 1.54) is 29.9 Å². The molecule has 2 N–H and O–H groups in total. The van der Waals surface area contributed by atoms with Crippen LogP contribution in [0.2, 0.25) is 0 Å². The van der Waals surface area contributed by atoms with Gasteiger partial charge in [0.15, 0.2) is 0 Å². The summed E-state index contributed by atoms with van der Waals surface area (Å²) in [4.78, 5) is 0.821. The minimum atomic E-state index is -3.55. The van der Waals surface area contributed by atoms with Crippen molar-refractivity contribution in [3.63, 3.8) is 0 Å². The lowest BCUT2D eigenvalue weighted by Crippen LogP contribution is -2.41. The van der Waals surface area contributed by atoms with Crippen molar-refractivity contribution in [2.24, 2.45) is 5.92 Å². The molecule has 0 bridgehead atoms. The summed E-state index contributed by atoms with van der Waals surface area (Å²) in [5.74, 6) is 0.135. The monoisotopic (exact) mass is 293 g/mol. The molecule has 1 heterocycles. The number of sulfonamides is 1. The Morgan fingerprint density at radius 1 is 1.50 bits per heavy atom. The zero-order valence-electron chi connectivity index (χ0n) is 10.7. The largest absolute Gasteiger partial charge is 0.391 e. The van der Waals surface area contributed by atoms with Gasteiger partial charge in [0.2, 0.25) is 10.0 Å². The molecule has 0 aliphatic carbocycles. The molecule has 0 fully saturated rings. The fourth-order valence-electron chi connectivity index (χ4n) is 1.39. The Hall–Kier alpha value is -0.470. The summed E-state index contributed by atoms with van der Waals surface area (Å²) in [5.41, 5.74) is 0. The van der Waals surface area contributed by atoms with Crippen molar-refractivity contribution >= 4 is 21.4 Å². The van der Waals surface area contributed by atoms with Gasteiger partial charge in [-0.3, -0.25) is 0 Å². The Balaban J connectivity index is 2.86. The number of hydrogen-bond donors (Lipinski definition) is 2. The predicted octanol–water partition coefficient (Wildman–Crippen LogP) is 1.19. The lowest BCUT2D eigenvalue weighted by Gasteiger charge is -2.20. The van der Waals surface area contributed by atoms with Gasteiger partial charge in [-0.2, -0.15) is 0 Å². The van der Waals surface area contributed by atoms with Crippen LogP contribution in [-0.4, -0.2) is 33.3 Å². The molecule has 0 aliphatic heterocycles. The number of ether oxygens (including phenoxy) is 1. The summed E-state index contributed by atoms with van der Waals surface area (Å²) in [7, 11) is -2.01. The maximum Gasteiger partial charge on any atom is 0.241 e. The second-order valence-corrected chi connectivity index (χ2v) is 7.04. The van der Waals surface area contributed by atoms with Crippen LogP contribution < -0.4 is 4.72 Å². The van der Waals surface area contributed by atoms with E-state index in [0.29, 0.717) is 11.5 Å². The zero-order chi connectivity index (χ0) is 13.8. The van der Waals surface area contributed by atoms with Crippen molar-refractivity contribution in [3.05, 3.63) is 16.3 Å². The third kappa shape index (κ3) is 4.03. The normalized spacial score (nSPS) is 14.1. The number of methoxy groups -OCH3 is 1. The molecule has 0 saturated heterocycles. The lowest BCUT2D eigenvalue weighted by molar-refractivity contribution is 0.157. The Morgan fingerprint density at radius 2 is 2.17 bits per heavy atom. The van der Waals surface area contributed by atoms with E-state index in [4.69, 9.17) is 9.84 Å². The molecule has 1 atom stereocenters. The van der Waals surface area contributed by atoms with E-state index in [0.717, 1.165) is 0 Å². The minimum absolute atomic E-state index is 0.135. The number of hydrogen-bond acceptors (Lipinski definition) is 5. The molecule has 0 spiro atoms. The maximum atomic E-state index is 12.1. The number of aliphatic hydroxyl groups is 1.